The molecule has 1 saturated heterocycles. The number of aliphatic carboxylic acids is 1. The third-order valence-electron chi connectivity index (χ3n) is 3.80. The lowest BCUT2D eigenvalue weighted by molar-refractivity contribution is -0.142. The average Bonchev–Trinajstić information content (AvgIpc) is 2.40. The second-order valence-electron chi connectivity index (χ2n) is 5.20. The van der Waals surface area contributed by atoms with Crippen LogP contribution in [0.3, 0.4) is 0 Å². The quantitative estimate of drug-likeness (QED) is 0.760. The van der Waals surface area contributed by atoms with Crippen LogP contribution in [0, 0.1) is 5.92 Å². The molecule has 0 aliphatic carbocycles. The van der Waals surface area contributed by atoms with Gasteiger partial charge in [-0.05, 0) is 19.8 Å². The summed E-state index contributed by atoms with van der Waals surface area (Å²) in [5.74, 6) is -0.999. The van der Waals surface area contributed by atoms with Crippen LogP contribution in [0.1, 0.15) is 19.8 Å². The van der Waals surface area contributed by atoms with Crippen molar-refractivity contribution in [3.05, 3.63) is 20.8 Å². The summed E-state index contributed by atoms with van der Waals surface area (Å²) in [5, 5.41) is 13.1. The van der Waals surface area contributed by atoms with E-state index in [4.69, 9.17) is 5.11 Å². The van der Waals surface area contributed by atoms with Gasteiger partial charge in [-0.15, -0.1) is 5.10 Å². The molecule has 2 unspecified atom stereocenters. The maximum absolute atomic E-state index is 12.1. The topological polar surface area (TPSA) is 97.4 Å². The highest BCUT2D eigenvalue weighted by atomic mass is 16.4. The summed E-state index contributed by atoms with van der Waals surface area (Å²) in [6, 6.07) is -0.109. The molecule has 8 nitrogen and oxygen atoms in total. The third-order valence-corrected chi connectivity index (χ3v) is 3.80. The van der Waals surface area contributed by atoms with Gasteiger partial charge in [0.05, 0.1) is 5.92 Å². The van der Waals surface area contributed by atoms with Gasteiger partial charge in [0.2, 0.25) is 5.82 Å². The zero-order chi connectivity index (χ0) is 15.0. The van der Waals surface area contributed by atoms with Crippen LogP contribution in [0.2, 0.25) is 0 Å². The minimum Gasteiger partial charge on any atom is -0.481 e. The molecule has 1 aliphatic rings. The molecular weight excluding hydrogens is 264 g/mol. The molecule has 0 aromatic carbocycles. The van der Waals surface area contributed by atoms with E-state index in [2.05, 4.69) is 5.10 Å². The summed E-state index contributed by atoms with van der Waals surface area (Å²) < 4.78 is 2.13. The number of nitrogens with zero attached hydrogens (tertiary/aromatic N) is 4. The molecule has 0 spiro atoms. The number of aryl methyl sites for hydroxylation is 1. The number of anilines is 1. The minimum absolute atomic E-state index is 0.109. The fourth-order valence-corrected chi connectivity index (χ4v) is 2.57. The van der Waals surface area contributed by atoms with Gasteiger partial charge in [-0.2, -0.15) is 0 Å². The van der Waals surface area contributed by atoms with Gasteiger partial charge in [0, 0.05) is 26.7 Å². The summed E-state index contributed by atoms with van der Waals surface area (Å²) in [7, 11) is 2.89. The molecule has 0 bridgehead atoms. The van der Waals surface area contributed by atoms with Crippen LogP contribution < -0.4 is 16.1 Å². The van der Waals surface area contributed by atoms with E-state index in [0.717, 1.165) is 9.25 Å². The average molecular weight is 282 g/mol. The summed E-state index contributed by atoms with van der Waals surface area (Å²) >= 11 is 0. The molecule has 0 saturated carbocycles. The molecule has 2 heterocycles. The molecule has 2 atom stereocenters. The predicted octanol–water partition coefficient (Wildman–Crippen LogP) is -0.831. The Kier molecular flexibility index (Phi) is 3.65. The number of piperidine rings is 1. The number of carbonyl (C=O) groups is 1. The second kappa shape index (κ2) is 5.10. The highest BCUT2D eigenvalue weighted by Crippen LogP contribution is 2.24. The fraction of sp³-hybridized carbons (Fsp3) is 0.667. The van der Waals surface area contributed by atoms with Crippen LogP contribution in [0.25, 0.3) is 0 Å². The van der Waals surface area contributed by atoms with Crippen LogP contribution in [-0.4, -0.2) is 38.0 Å². The minimum atomic E-state index is -0.808. The molecule has 1 aromatic heterocycles. The SMILES string of the molecule is CC1CC(C(=O)O)CCN1c1nn(C)c(=O)n(C)c1=O. The third kappa shape index (κ3) is 2.33. The number of hydrogen-bond donors (Lipinski definition) is 1. The van der Waals surface area contributed by atoms with E-state index in [1.807, 2.05) is 6.92 Å². The summed E-state index contributed by atoms with van der Waals surface area (Å²) in [5.41, 5.74) is -0.930. The van der Waals surface area contributed by atoms with E-state index < -0.39 is 23.1 Å². The number of aromatic nitrogens is 3. The highest BCUT2D eigenvalue weighted by molar-refractivity contribution is 5.70. The molecule has 1 fully saturated rings. The van der Waals surface area contributed by atoms with E-state index in [0.29, 0.717) is 19.4 Å². The molecule has 110 valence electrons. The first-order valence-corrected chi connectivity index (χ1v) is 6.46. The Morgan fingerprint density at radius 3 is 2.55 bits per heavy atom. The second-order valence-corrected chi connectivity index (χ2v) is 5.20. The van der Waals surface area contributed by atoms with Crippen molar-refractivity contribution in [2.24, 2.45) is 20.0 Å². The lowest BCUT2D eigenvalue weighted by Gasteiger charge is -2.36. The number of carboxylic acid groups (broad SMARTS) is 1. The monoisotopic (exact) mass is 282 g/mol. The molecule has 0 amide bonds. The zero-order valence-corrected chi connectivity index (χ0v) is 11.7. The van der Waals surface area contributed by atoms with Crippen molar-refractivity contribution in [1.82, 2.24) is 14.3 Å². The summed E-state index contributed by atoms with van der Waals surface area (Å²) in [6.45, 7) is 2.31. The van der Waals surface area contributed by atoms with Gasteiger partial charge >= 0.3 is 11.7 Å². The Labute approximate surface area is 115 Å². The van der Waals surface area contributed by atoms with Crippen LogP contribution >= 0.6 is 0 Å². The van der Waals surface area contributed by atoms with Crippen LogP contribution in [0.4, 0.5) is 5.82 Å². The summed E-state index contributed by atoms with van der Waals surface area (Å²) in [4.78, 5) is 36.5. The van der Waals surface area contributed by atoms with E-state index >= 15 is 0 Å². The zero-order valence-electron chi connectivity index (χ0n) is 11.7. The van der Waals surface area contributed by atoms with Gasteiger partial charge in [-0.25, -0.2) is 9.48 Å². The number of rotatable bonds is 2. The molecular formula is C12H18N4O4. The Bertz CT molecular complexity index is 648. The lowest BCUT2D eigenvalue weighted by Crippen LogP contribution is -2.49. The predicted molar refractivity (Wildman–Crippen MR) is 71.9 cm³/mol. The first kappa shape index (κ1) is 14.3. The normalized spacial score (nSPS) is 22.9. The Morgan fingerprint density at radius 1 is 1.35 bits per heavy atom. The van der Waals surface area contributed by atoms with Crippen molar-refractivity contribution in [3.63, 3.8) is 0 Å². The van der Waals surface area contributed by atoms with Crippen molar-refractivity contribution in [3.8, 4) is 0 Å². The summed E-state index contributed by atoms with van der Waals surface area (Å²) in [6.07, 6.45) is 0.927. The van der Waals surface area contributed by atoms with E-state index in [9.17, 15) is 14.4 Å². The van der Waals surface area contributed by atoms with E-state index in [1.54, 1.807) is 4.90 Å². The maximum atomic E-state index is 12.1. The molecule has 8 heteroatoms. The molecule has 1 aromatic rings. The van der Waals surface area contributed by atoms with Crippen molar-refractivity contribution in [2.75, 3.05) is 11.4 Å². The smallest absolute Gasteiger partial charge is 0.346 e. The molecule has 0 radical (unpaired) electrons. The van der Waals surface area contributed by atoms with E-state index in [-0.39, 0.29) is 11.9 Å². The van der Waals surface area contributed by atoms with Gasteiger partial charge in [-0.1, -0.05) is 0 Å². The lowest BCUT2D eigenvalue weighted by atomic mass is 9.92. The van der Waals surface area contributed by atoms with Crippen molar-refractivity contribution in [2.45, 2.75) is 25.8 Å². The standard InChI is InChI=1S/C12H18N4O4/c1-7-6-8(11(18)19)4-5-16(7)9-10(17)14(2)12(20)15(3)13-9/h7-8H,4-6H2,1-3H3,(H,18,19). The highest BCUT2D eigenvalue weighted by Gasteiger charge is 2.32. The van der Waals surface area contributed by atoms with Gasteiger partial charge in [0.25, 0.3) is 5.56 Å². The largest absolute Gasteiger partial charge is 0.481 e. The fourth-order valence-electron chi connectivity index (χ4n) is 2.57. The van der Waals surface area contributed by atoms with Crippen molar-refractivity contribution >= 4 is 11.8 Å². The van der Waals surface area contributed by atoms with Gasteiger partial charge in [0.1, 0.15) is 0 Å². The van der Waals surface area contributed by atoms with Crippen LogP contribution in [0.15, 0.2) is 9.59 Å². The molecule has 2 rings (SSSR count). The first-order chi connectivity index (χ1) is 9.32. The van der Waals surface area contributed by atoms with Crippen molar-refractivity contribution < 1.29 is 9.90 Å². The molecule has 1 N–H and O–H groups in total. The van der Waals surface area contributed by atoms with Gasteiger partial charge < -0.3 is 10.0 Å². The molecule has 20 heavy (non-hydrogen) atoms. The number of carboxylic acids is 1. The Morgan fingerprint density at radius 2 is 2.00 bits per heavy atom. The first-order valence-electron chi connectivity index (χ1n) is 6.46. The van der Waals surface area contributed by atoms with Crippen LogP contribution in [0.5, 0.6) is 0 Å². The maximum Gasteiger partial charge on any atom is 0.346 e. The van der Waals surface area contributed by atoms with Gasteiger partial charge in [0.15, 0.2) is 0 Å². The number of hydrogen-bond acceptors (Lipinski definition) is 5. The van der Waals surface area contributed by atoms with Crippen LogP contribution in [-0.2, 0) is 18.9 Å². The van der Waals surface area contributed by atoms with Gasteiger partial charge in [-0.3, -0.25) is 14.2 Å². The van der Waals surface area contributed by atoms with Crippen molar-refractivity contribution in [1.29, 1.82) is 0 Å². The van der Waals surface area contributed by atoms with E-state index in [1.165, 1.54) is 14.1 Å². The Hall–Kier alpha value is -2.12. The molecule has 1 aliphatic heterocycles. The Balaban J connectivity index is 2.37.